The van der Waals surface area contributed by atoms with Crippen molar-refractivity contribution < 1.29 is 0 Å². The van der Waals surface area contributed by atoms with E-state index in [0.29, 0.717) is 0 Å². The Balaban J connectivity index is 1.21. The molecule has 0 atom stereocenters. The highest BCUT2D eigenvalue weighted by molar-refractivity contribution is 6.18. The number of fused-ring (bicyclic) bond motifs is 18. The lowest BCUT2D eigenvalue weighted by Crippen LogP contribution is -2.42. The van der Waals surface area contributed by atoms with E-state index in [-0.39, 0.29) is 16.2 Å². The highest BCUT2D eigenvalue weighted by atomic mass is 15.0. The molecule has 10 aromatic rings. The standard InChI is InChI=1S/C58H46N2/c1-55(2)48-33-43-40-29-30-47-53(41-23-12-16-26-46(41)58(47)44-24-14-10-20-37(44)38-21-11-15-25-45(38)58)54(40)60(52(43)34-49(48)56(3,4)57(55,5)6)36-28-31-51-42(32-36)39-22-13-17-27-50(39)59(51)35-18-8-7-9-19-35/h7-34H,1-6H3. The number of benzene rings is 8. The van der Waals surface area contributed by atoms with Crippen LogP contribution in [0.2, 0.25) is 0 Å². The van der Waals surface area contributed by atoms with E-state index in [0.717, 1.165) is 0 Å². The molecular formula is C58H46N2. The zero-order valence-electron chi connectivity index (χ0n) is 35.1. The van der Waals surface area contributed by atoms with Crippen molar-refractivity contribution in [3.63, 3.8) is 0 Å². The Morgan fingerprint density at radius 3 is 1.58 bits per heavy atom. The molecule has 0 bridgehead atoms. The molecule has 0 unspecified atom stereocenters. The summed E-state index contributed by atoms with van der Waals surface area (Å²) < 4.78 is 5.07. The van der Waals surface area contributed by atoms with Gasteiger partial charge in [0.25, 0.3) is 0 Å². The van der Waals surface area contributed by atoms with Crippen LogP contribution in [0.5, 0.6) is 0 Å². The Bertz CT molecular complexity index is 3470. The van der Waals surface area contributed by atoms with Gasteiger partial charge < -0.3 is 9.13 Å². The molecule has 0 amide bonds. The molecule has 0 aliphatic heterocycles. The smallest absolute Gasteiger partial charge is 0.0726 e. The summed E-state index contributed by atoms with van der Waals surface area (Å²) in [6, 6.07) is 64.6. The van der Waals surface area contributed by atoms with E-state index in [1.165, 1.54) is 111 Å². The van der Waals surface area contributed by atoms with Gasteiger partial charge in [0.15, 0.2) is 0 Å². The number of nitrogens with zero attached hydrogens (tertiary/aromatic N) is 2. The van der Waals surface area contributed by atoms with Crippen LogP contribution in [0, 0.1) is 5.41 Å². The monoisotopic (exact) mass is 770 g/mol. The third kappa shape index (κ3) is 3.79. The van der Waals surface area contributed by atoms with Crippen molar-refractivity contribution >= 4 is 43.6 Å². The van der Waals surface area contributed by atoms with Crippen molar-refractivity contribution in [3.8, 4) is 33.6 Å². The molecule has 288 valence electrons. The quantitative estimate of drug-likeness (QED) is 0.166. The maximum absolute atomic E-state index is 2.65. The number of aromatic nitrogens is 2. The molecule has 60 heavy (non-hydrogen) atoms. The molecule has 3 aliphatic rings. The minimum atomic E-state index is -0.419. The van der Waals surface area contributed by atoms with Crippen LogP contribution in [0.15, 0.2) is 170 Å². The molecule has 0 saturated carbocycles. The normalized spacial score (nSPS) is 17.0. The first kappa shape index (κ1) is 34.2. The lowest BCUT2D eigenvalue weighted by molar-refractivity contribution is 0.125. The van der Waals surface area contributed by atoms with Crippen LogP contribution in [0.1, 0.15) is 74.9 Å². The van der Waals surface area contributed by atoms with E-state index in [1.54, 1.807) is 0 Å². The number of rotatable bonds is 2. The Morgan fingerprint density at radius 2 is 0.883 bits per heavy atom. The number of hydrogen-bond donors (Lipinski definition) is 0. The summed E-state index contributed by atoms with van der Waals surface area (Å²) in [4.78, 5) is 0. The summed E-state index contributed by atoms with van der Waals surface area (Å²) in [6.45, 7) is 14.8. The minimum Gasteiger partial charge on any atom is -0.309 e. The van der Waals surface area contributed by atoms with E-state index in [1.807, 2.05) is 0 Å². The van der Waals surface area contributed by atoms with Crippen LogP contribution in [0.4, 0.5) is 0 Å². The van der Waals surface area contributed by atoms with Crippen molar-refractivity contribution in [2.24, 2.45) is 5.41 Å². The van der Waals surface area contributed by atoms with E-state index < -0.39 is 5.41 Å². The Kier molecular flexibility index (Phi) is 6.36. The van der Waals surface area contributed by atoms with Crippen LogP contribution in [0.3, 0.4) is 0 Å². The summed E-state index contributed by atoms with van der Waals surface area (Å²) >= 11 is 0. The van der Waals surface area contributed by atoms with Gasteiger partial charge in [-0.1, -0.05) is 163 Å². The molecule has 2 heteroatoms. The molecule has 1 spiro atoms. The summed E-state index contributed by atoms with van der Waals surface area (Å²) in [7, 11) is 0. The van der Waals surface area contributed by atoms with Crippen LogP contribution >= 0.6 is 0 Å². The Hall–Kier alpha value is -6.64. The molecule has 2 aromatic heterocycles. The lowest BCUT2D eigenvalue weighted by atomic mass is 9.59. The second-order valence-electron chi connectivity index (χ2n) is 19.3. The van der Waals surface area contributed by atoms with Crippen molar-refractivity contribution in [2.45, 2.75) is 57.8 Å². The first-order valence-electron chi connectivity index (χ1n) is 21.6. The van der Waals surface area contributed by atoms with Gasteiger partial charge in [-0.15, -0.1) is 0 Å². The van der Waals surface area contributed by atoms with Crippen LogP contribution in [-0.2, 0) is 16.2 Å². The largest absolute Gasteiger partial charge is 0.309 e. The second-order valence-corrected chi connectivity index (χ2v) is 19.3. The topological polar surface area (TPSA) is 9.86 Å². The van der Waals surface area contributed by atoms with Gasteiger partial charge in [-0.05, 0) is 115 Å². The maximum Gasteiger partial charge on any atom is 0.0726 e. The summed E-state index contributed by atoms with van der Waals surface area (Å²) in [6.07, 6.45) is 0. The molecule has 3 aliphatic carbocycles. The van der Waals surface area contributed by atoms with Gasteiger partial charge in [-0.3, -0.25) is 0 Å². The van der Waals surface area contributed by atoms with Crippen molar-refractivity contribution in [1.82, 2.24) is 9.13 Å². The maximum atomic E-state index is 2.65. The summed E-state index contributed by atoms with van der Waals surface area (Å²) in [5.74, 6) is 0. The van der Waals surface area contributed by atoms with Crippen LogP contribution in [0.25, 0.3) is 77.2 Å². The van der Waals surface area contributed by atoms with Gasteiger partial charge in [0, 0.05) is 38.5 Å². The zero-order valence-corrected chi connectivity index (χ0v) is 35.1. The Labute approximate surface area is 351 Å². The molecular weight excluding hydrogens is 725 g/mol. The van der Waals surface area contributed by atoms with Gasteiger partial charge in [0.05, 0.1) is 27.5 Å². The van der Waals surface area contributed by atoms with Crippen molar-refractivity contribution in [3.05, 3.63) is 203 Å². The minimum absolute atomic E-state index is 0.0166. The predicted molar refractivity (Wildman–Crippen MR) is 251 cm³/mol. The second kappa shape index (κ2) is 11.1. The average Bonchev–Trinajstić information content (AvgIpc) is 3.99. The van der Waals surface area contributed by atoms with Crippen molar-refractivity contribution in [2.75, 3.05) is 0 Å². The summed E-state index contributed by atoms with van der Waals surface area (Å²) in [5, 5.41) is 5.15. The molecule has 0 fully saturated rings. The van der Waals surface area contributed by atoms with Gasteiger partial charge >= 0.3 is 0 Å². The molecule has 2 heterocycles. The molecule has 0 radical (unpaired) electrons. The number of para-hydroxylation sites is 2. The molecule has 13 rings (SSSR count). The first-order valence-corrected chi connectivity index (χ1v) is 21.6. The summed E-state index contributed by atoms with van der Waals surface area (Å²) in [5.41, 5.74) is 20.7. The lowest BCUT2D eigenvalue weighted by Gasteiger charge is -2.44. The molecule has 8 aromatic carbocycles. The third-order valence-electron chi connectivity index (χ3n) is 16.4. The van der Waals surface area contributed by atoms with E-state index in [2.05, 4.69) is 221 Å². The zero-order chi connectivity index (χ0) is 40.5. The van der Waals surface area contributed by atoms with Gasteiger partial charge in [-0.25, -0.2) is 0 Å². The first-order chi connectivity index (χ1) is 29.1. The predicted octanol–water partition coefficient (Wildman–Crippen LogP) is 14.8. The fourth-order valence-electron chi connectivity index (χ4n) is 12.4. The van der Waals surface area contributed by atoms with Crippen molar-refractivity contribution in [1.29, 1.82) is 0 Å². The molecule has 0 N–H and O–H groups in total. The fraction of sp³-hybridized carbons (Fsp3) is 0.172. The Morgan fingerprint density at radius 1 is 0.333 bits per heavy atom. The molecule has 0 saturated heterocycles. The molecule has 2 nitrogen and oxygen atoms in total. The SMILES string of the molecule is CC1(C)c2cc3c4ccc5c(c4n(-c4ccc6c(c4)c4ccccc4n6-c4ccccc4)c3cc2C(C)(C)C1(C)C)-c1ccccc1C51c2ccccc2-c2ccccc21. The third-order valence-corrected chi connectivity index (χ3v) is 16.4. The van der Waals surface area contributed by atoms with Gasteiger partial charge in [0.2, 0.25) is 0 Å². The highest BCUT2D eigenvalue weighted by Crippen LogP contribution is 2.65. The van der Waals surface area contributed by atoms with Crippen LogP contribution < -0.4 is 0 Å². The fourth-order valence-corrected chi connectivity index (χ4v) is 12.4. The van der Waals surface area contributed by atoms with E-state index in [9.17, 15) is 0 Å². The van der Waals surface area contributed by atoms with Crippen LogP contribution in [-0.4, -0.2) is 9.13 Å². The van der Waals surface area contributed by atoms with Gasteiger partial charge in [-0.2, -0.15) is 0 Å². The number of hydrogen-bond acceptors (Lipinski definition) is 0. The highest BCUT2D eigenvalue weighted by Gasteiger charge is 2.57. The van der Waals surface area contributed by atoms with E-state index >= 15 is 0 Å². The average molecular weight is 771 g/mol. The van der Waals surface area contributed by atoms with Gasteiger partial charge in [0.1, 0.15) is 0 Å². The van der Waals surface area contributed by atoms with E-state index in [4.69, 9.17) is 0 Å².